The molecule has 0 aromatic carbocycles. The number of aromatic carboxylic acids is 1. The Morgan fingerprint density at radius 3 is 2.83 bits per heavy atom. The number of hydrogen-bond donors (Lipinski definition) is 2. The number of rotatable bonds is 6. The lowest BCUT2D eigenvalue weighted by Gasteiger charge is -2.33. The van der Waals surface area contributed by atoms with Gasteiger partial charge in [-0.15, -0.1) is 0 Å². The molecular formula is C15H21N3O4S. The number of anilines is 1. The van der Waals surface area contributed by atoms with Crippen LogP contribution in [0.2, 0.25) is 0 Å². The molecule has 2 aliphatic rings. The standard InChI is InChI=1S/C15H21N3O4S/c19-15(20)13-4-1-5-14(17-13)18-8-2-3-11(10-18)9-16-23(21,22)12-6-7-12/h1,4-5,11-12,16H,2-3,6-10H2,(H,19,20). The van der Waals surface area contributed by atoms with Crippen molar-refractivity contribution >= 4 is 21.8 Å². The van der Waals surface area contributed by atoms with Crippen molar-refractivity contribution < 1.29 is 18.3 Å². The average Bonchev–Trinajstić information content (AvgIpc) is 3.39. The first-order valence-corrected chi connectivity index (χ1v) is 9.44. The summed E-state index contributed by atoms with van der Waals surface area (Å²) in [5.41, 5.74) is 0.0269. The molecule has 2 fully saturated rings. The Hall–Kier alpha value is -1.67. The van der Waals surface area contributed by atoms with E-state index >= 15 is 0 Å². The van der Waals surface area contributed by atoms with Gasteiger partial charge in [-0.2, -0.15) is 0 Å². The molecule has 2 N–H and O–H groups in total. The van der Waals surface area contributed by atoms with Crippen molar-refractivity contribution in [2.24, 2.45) is 5.92 Å². The van der Waals surface area contributed by atoms with Crippen LogP contribution in [0.5, 0.6) is 0 Å². The van der Waals surface area contributed by atoms with E-state index in [1.807, 2.05) is 4.90 Å². The van der Waals surface area contributed by atoms with Gasteiger partial charge in [0, 0.05) is 19.6 Å². The molecule has 0 bridgehead atoms. The maximum Gasteiger partial charge on any atom is 0.354 e. The van der Waals surface area contributed by atoms with E-state index in [1.165, 1.54) is 6.07 Å². The fraction of sp³-hybridized carbons (Fsp3) is 0.600. The fourth-order valence-corrected chi connectivity index (χ4v) is 4.35. The summed E-state index contributed by atoms with van der Waals surface area (Å²) < 4.78 is 26.5. The zero-order valence-corrected chi connectivity index (χ0v) is 13.6. The van der Waals surface area contributed by atoms with Gasteiger partial charge < -0.3 is 10.0 Å². The van der Waals surface area contributed by atoms with E-state index in [2.05, 4.69) is 9.71 Å². The van der Waals surface area contributed by atoms with E-state index in [0.717, 1.165) is 32.2 Å². The largest absolute Gasteiger partial charge is 0.477 e. The van der Waals surface area contributed by atoms with Crippen molar-refractivity contribution in [3.8, 4) is 0 Å². The van der Waals surface area contributed by atoms with E-state index in [9.17, 15) is 13.2 Å². The Balaban J connectivity index is 1.61. The van der Waals surface area contributed by atoms with E-state index < -0.39 is 16.0 Å². The van der Waals surface area contributed by atoms with E-state index in [-0.39, 0.29) is 16.9 Å². The normalized spacial score (nSPS) is 22.1. The van der Waals surface area contributed by atoms with Crippen molar-refractivity contribution in [1.82, 2.24) is 9.71 Å². The van der Waals surface area contributed by atoms with Crippen molar-refractivity contribution in [2.45, 2.75) is 30.9 Å². The second-order valence-electron chi connectivity index (χ2n) is 6.23. The Kier molecular flexibility index (Phi) is 4.54. The molecule has 1 aliphatic carbocycles. The molecule has 1 atom stereocenters. The monoisotopic (exact) mass is 339 g/mol. The maximum atomic E-state index is 11.9. The summed E-state index contributed by atoms with van der Waals surface area (Å²) in [4.78, 5) is 17.2. The van der Waals surface area contributed by atoms with Gasteiger partial charge in [-0.1, -0.05) is 6.07 Å². The molecule has 1 aromatic heterocycles. The van der Waals surface area contributed by atoms with Crippen LogP contribution in [0.25, 0.3) is 0 Å². The molecule has 2 heterocycles. The second kappa shape index (κ2) is 6.45. The molecule has 126 valence electrons. The lowest BCUT2D eigenvalue weighted by Crippen LogP contribution is -2.42. The Morgan fingerprint density at radius 2 is 2.13 bits per heavy atom. The quantitative estimate of drug-likeness (QED) is 0.804. The lowest BCUT2D eigenvalue weighted by molar-refractivity contribution is 0.0690. The molecular weight excluding hydrogens is 318 g/mol. The highest BCUT2D eigenvalue weighted by atomic mass is 32.2. The van der Waals surface area contributed by atoms with Crippen LogP contribution in [-0.4, -0.2) is 49.4 Å². The molecule has 1 aliphatic heterocycles. The second-order valence-corrected chi connectivity index (χ2v) is 8.28. The van der Waals surface area contributed by atoms with E-state index in [0.29, 0.717) is 18.9 Å². The molecule has 0 amide bonds. The topological polar surface area (TPSA) is 99.6 Å². The van der Waals surface area contributed by atoms with Gasteiger partial charge >= 0.3 is 5.97 Å². The fourth-order valence-electron chi connectivity index (χ4n) is 2.89. The predicted octanol–water partition coefficient (Wildman–Crippen LogP) is 1.08. The molecule has 3 rings (SSSR count). The van der Waals surface area contributed by atoms with Gasteiger partial charge in [0.25, 0.3) is 0 Å². The number of nitrogens with one attached hydrogen (secondary N) is 1. The molecule has 7 nitrogen and oxygen atoms in total. The minimum absolute atomic E-state index is 0.0269. The SMILES string of the molecule is O=C(O)c1cccc(N2CCCC(CNS(=O)(=O)C3CC3)C2)n1. The van der Waals surface area contributed by atoms with Crippen LogP contribution in [0.4, 0.5) is 5.82 Å². The van der Waals surface area contributed by atoms with Gasteiger partial charge in [-0.05, 0) is 43.7 Å². The summed E-state index contributed by atoms with van der Waals surface area (Å²) >= 11 is 0. The number of sulfonamides is 1. The highest BCUT2D eigenvalue weighted by Crippen LogP contribution is 2.28. The van der Waals surface area contributed by atoms with Crippen molar-refractivity contribution in [2.75, 3.05) is 24.5 Å². The Labute approximate surface area is 135 Å². The van der Waals surface area contributed by atoms with Crippen LogP contribution < -0.4 is 9.62 Å². The molecule has 0 spiro atoms. The number of aromatic nitrogens is 1. The molecule has 1 unspecified atom stereocenters. The first-order chi connectivity index (χ1) is 11.0. The molecule has 23 heavy (non-hydrogen) atoms. The van der Waals surface area contributed by atoms with Crippen molar-refractivity contribution in [3.63, 3.8) is 0 Å². The third kappa shape index (κ3) is 4.00. The van der Waals surface area contributed by atoms with Crippen LogP contribution in [0, 0.1) is 5.92 Å². The molecule has 1 saturated heterocycles. The predicted molar refractivity (Wildman–Crippen MR) is 86.1 cm³/mol. The summed E-state index contributed by atoms with van der Waals surface area (Å²) in [5, 5.41) is 8.84. The number of nitrogens with zero attached hydrogens (tertiary/aromatic N) is 2. The number of piperidine rings is 1. The van der Waals surface area contributed by atoms with Gasteiger partial charge in [-0.3, -0.25) is 0 Å². The smallest absolute Gasteiger partial charge is 0.354 e. The first kappa shape index (κ1) is 16.2. The molecule has 1 aromatic rings. The Morgan fingerprint density at radius 1 is 1.35 bits per heavy atom. The summed E-state index contributed by atoms with van der Waals surface area (Å²) in [5.74, 6) is -0.190. The van der Waals surface area contributed by atoms with Crippen molar-refractivity contribution in [3.05, 3.63) is 23.9 Å². The minimum atomic E-state index is -3.15. The number of carbonyl (C=O) groups is 1. The third-order valence-corrected chi connectivity index (χ3v) is 6.25. The van der Waals surface area contributed by atoms with Gasteiger partial charge in [0.15, 0.2) is 5.69 Å². The Bertz CT molecular complexity index is 688. The highest BCUT2D eigenvalue weighted by molar-refractivity contribution is 7.90. The average molecular weight is 339 g/mol. The van der Waals surface area contributed by atoms with Crippen LogP contribution in [-0.2, 0) is 10.0 Å². The van der Waals surface area contributed by atoms with Crippen LogP contribution >= 0.6 is 0 Å². The van der Waals surface area contributed by atoms with Crippen LogP contribution in [0.3, 0.4) is 0 Å². The van der Waals surface area contributed by atoms with Crippen LogP contribution in [0.15, 0.2) is 18.2 Å². The maximum absolute atomic E-state index is 11.9. The summed E-state index contributed by atoms with van der Waals surface area (Å²) in [6.07, 6.45) is 3.42. The summed E-state index contributed by atoms with van der Waals surface area (Å²) in [6, 6.07) is 4.95. The lowest BCUT2D eigenvalue weighted by atomic mass is 9.98. The van der Waals surface area contributed by atoms with Crippen molar-refractivity contribution in [1.29, 1.82) is 0 Å². The van der Waals surface area contributed by atoms with E-state index in [1.54, 1.807) is 12.1 Å². The van der Waals surface area contributed by atoms with Gasteiger partial charge in [0.2, 0.25) is 10.0 Å². The number of hydrogen-bond acceptors (Lipinski definition) is 5. The van der Waals surface area contributed by atoms with E-state index in [4.69, 9.17) is 5.11 Å². The first-order valence-electron chi connectivity index (χ1n) is 7.89. The summed E-state index contributed by atoms with van der Waals surface area (Å²) in [6.45, 7) is 1.93. The zero-order chi connectivity index (χ0) is 16.4. The molecule has 1 saturated carbocycles. The number of carboxylic acid groups (broad SMARTS) is 1. The van der Waals surface area contributed by atoms with Crippen LogP contribution in [0.1, 0.15) is 36.2 Å². The van der Waals surface area contributed by atoms with Gasteiger partial charge in [0.1, 0.15) is 5.82 Å². The zero-order valence-electron chi connectivity index (χ0n) is 12.8. The summed E-state index contributed by atoms with van der Waals surface area (Å²) in [7, 11) is -3.15. The third-order valence-electron chi connectivity index (χ3n) is 4.33. The number of pyridine rings is 1. The van der Waals surface area contributed by atoms with Gasteiger partial charge in [0.05, 0.1) is 5.25 Å². The number of carboxylic acids is 1. The minimum Gasteiger partial charge on any atom is -0.477 e. The molecule has 8 heteroatoms. The molecule has 0 radical (unpaired) electrons. The highest BCUT2D eigenvalue weighted by Gasteiger charge is 2.36. The van der Waals surface area contributed by atoms with Gasteiger partial charge in [-0.25, -0.2) is 22.9 Å².